The molecule has 2 aromatic rings. The minimum absolute atomic E-state index is 0.0354. The predicted octanol–water partition coefficient (Wildman–Crippen LogP) is 4.08. The highest BCUT2D eigenvalue weighted by Gasteiger charge is 2.18. The Labute approximate surface area is 126 Å². The number of hydrogen-bond acceptors (Lipinski definition) is 4. The number of rotatable bonds is 3. The lowest BCUT2D eigenvalue weighted by atomic mass is 10.1. The third-order valence-corrected chi connectivity index (χ3v) is 3.26. The van der Waals surface area contributed by atoms with Gasteiger partial charge in [-0.2, -0.15) is 0 Å². The Morgan fingerprint density at radius 3 is 2.57 bits per heavy atom. The largest absolute Gasteiger partial charge is 0.423 e. The monoisotopic (exact) mass is 305 g/mol. The molecule has 2 aromatic carbocycles. The van der Waals surface area contributed by atoms with Gasteiger partial charge in [-0.1, -0.05) is 23.7 Å². The first-order chi connectivity index (χ1) is 9.88. The first-order valence-corrected chi connectivity index (χ1v) is 6.49. The van der Waals surface area contributed by atoms with Crippen LogP contribution in [0, 0.1) is 24.0 Å². The van der Waals surface area contributed by atoms with Crippen LogP contribution in [0.5, 0.6) is 5.75 Å². The van der Waals surface area contributed by atoms with E-state index in [-0.39, 0.29) is 16.3 Å². The highest BCUT2D eigenvalue weighted by Crippen LogP contribution is 2.25. The molecule has 108 valence electrons. The summed E-state index contributed by atoms with van der Waals surface area (Å²) in [6.45, 7) is 3.67. The molecular formula is C15H12ClNO4. The number of nitro benzene ring substituents is 1. The molecule has 0 heterocycles. The van der Waals surface area contributed by atoms with Gasteiger partial charge in [0.25, 0.3) is 5.69 Å². The zero-order valence-corrected chi connectivity index (χ0v) is 12.2. The summed E-state index contributed by atoms with van der Waals surface area (Å²) in [6, 6.07) is 9.09. The summed E-state index contributed by atoms with van der Waals surface area (Å²) in [7, 11) is 0. The Hall–Kier alpha value is -2.40. The number of nitro groups is 1. The van der Waals surface area contributed by atoms with Gasteiger partial charge in [0.2, 0.25) is 0 Å². The smallest absolute Gasteiger partial charge is 0.345 e. The van der Waals surface area contributed by atoms with E-state index in [2.05, 4.69) is 0 Å². The molecule has 0 aromatic heterocycles. The fraction of sp³-hybridized carbons (Fsp3) is 0.133. The Morgan fingerprint density at radius 2 is 1.90 bits per heavy atom. The van der Waals surface area contributed by atoms with E-state index < -0.39 is 10.9 Å². The van der Waals surface area contributed by atoms with Gasteiger partial charge in [-0.15, -0.1) is 0 Å². The molecule has 0 fully saturated rings. The second-order valence-electron chi connectivity index (χ2n) is 4.58. The van der Waals surface area contributed by atoms with Crippen molar-refractivity contribution < 1.29 is 14.5 Å². The lowest BCUT2D eigenvalue weighted by Gasteiger charge is -2.09. The van der Waals surface area contributed by atoms with Crippen molar-refractivity contribution in [1.82, 2.24) is 0 Å². The van der Waals surface area contributed by atoms with Gasteiger partial charge >= 0.3 is 5.97 Å². The first-order valence-electron chi connectivity index (χ1n) is 6.12. The van der Waals surface area contributed by atoms with Gasteiger partial charge in [0.05, 0.1) is 15.5 Å². The maximum atomic E-state index is 12.1. The number of ether oxygens (including phenoxy) is 1. The minimum Gasteiger partial charge on any atom is -0.423 e. The van der Waals surface area contributed by atoms with Crippen molar-refractivity contribution in [2.45, 2.75) is 13.8 Å². The van der Waals surface area contributed by atoms with Gasteiger partial charge < -0.3 is 4.74 Å². The third-order valence-electron chi connectivity index (χ3n) is 2.93. The van der Waals surface area contributed by atoms with Crippen LogP contribution in [0.4, 0.5) is 5.69 Å². The summed E-state index contributed by atoms with van der Waals surface area (Å²) in [5.41, 5.74) is 1.48. The predicted molar refractivity (Wildman–Crippen MR) is 79.0 cm³/mol. The van der Waals surface area contributed by atoms with Crippen molar-refractivity contribution in [1.29, 1.82) is 0 Å². The Balaban J connectivity index is 2.34. The van der Waals surface area contributed by atoms with Crippen LogP contribution in [-0.4, -0.2) is 10.9 Å². The SMILES string of the molecule is Cc1ccc(C)c(OC(=O)c2cc([N+](=O)[O-])ccc2Cl)c1. The number of halogens is 1. The van der Waals surface area contributed by atoms with E-state index in [9.17, 15) is 14.9 Å². The van der Waals surface area contributed by atoms with Crippen LogP contribution >= 0.6 is 11.6 Å². The molecule has 0 saturated heterocycles. The maximum absolute atomic E-state index is 12.1. The van der Waals surface area contributed by atoms with Crippen molar-refractivity contribution in [2.24, 2.45) is 0 Å². The standard InChI is InChI=1S/C15H12ClNO4/c1-9-3-4-10(2)14(7-9)21-15(18)12-8-11(17(19)20)5-6-13(12)16/h3-8H,1-2H3. The number of aryl methyl sites for hydroxylation is 2. The van der Waals surface area contributed by atoms with Gasteiger partial charge in [-0.05, 0) is 37.1 Å². The number of hydrogen-bond donors (Lipinski definition) is 0. The molecule has 0 unspecified atom stereocenters. The molecule has 0 spiro atoms. The first kappa shape index (κ1) is 15.0. The van der Waals surface area contributed by atoms with E-state index in [1.165, 1.54) is 12.1 Å². The lowest BCUT2D eigenvalue weighted by molar-refractivity contribution is -0.384. The average Bonchev–Trinajstić information content (AvgIpc) is 2.43. The highest BCUT2D eigenvalue weighted by molar-refractivity contribution is 6.33. The van der Waals surface area contributed by atoms with Crippen molar-refractivity contribution >= 4 is 23.3 Å². The molecule has 21 heavy (non-hydrogen) atoms. The van der Waals surface area contributed by atoms with E-state index in [1.54, 1.807) is 13.0 Å². The Kier molecular flexibility index (Phi) is 4.23. The normalized spacial score (nSPS) is 10.2. The fourth-order valence-electron chi connectivity index (χ4n) is 1.76. The third kappa shape index (κ3) is 3.38. The highest BCUT2D eigenvalue weighted by atomic mass is 35.5. The summed E-state index contributed by atoms with van der Waals surface area (Å²) >= 11 is 5.91. The zero-order valence-electron chi connectivity index (χ0n) is 11.4. The van der Waals surface area contributed by atoms with Gasteiger partial charge in [-0.3, -0.25) is 10.1 Å². The molecule has 2 rings (SSSR count). The molecule has 5 nitrogen and oxygen atoms in total. The second kappa shape index (κ2) is 5.93. The molecule has 0 aliphatic heterocycles. The molecule has 0 radical (unpaired) electrons. The number of benzene rings is 2. The quantitative estimate of drug-likeness (QED) is 0.371. The molecule has 6 heteroatoms. The van der Waals surface area contributed by atoms with Crippen LogP contribution in [0.25, 0.3) is 0 Å². The van der Waals surface area contributed by atoms with Crippen LogP contribution in [0.1, 0.15) is 21.5 Å². The minimum atomic E-state index is -0.725. The van der Waals surface area contributed by atoms with Crippen molar-refractivity contribution in [2.75, 3.05) is 0 Å². The van der Waals surface area contributed by atoms with Crippen molar-refractivity contribution in [3.8, 4) is 5.75 Å². The fourth-order valence-corrected chi connectivity index (χ4v) is 1.95. The van der Waals surface area contributed by atoms with E-state index >= 15 is 0 Å². The molecule has 0 amide bonds. The van der Waals surface area contributed by atoms with Gasteiger partial charge in [0.1, 0.15) is 5.75 Å². The van der Waals surface area contributed by atoms with Gasteiger partial charge in [0.15, 0.2) is 0 Å². The molecule has 0 atom stereocenters. The second-order valence-corrected chi connectivity index (χ2v) is 4.99. The number of carbonyl (C=O) groups excluding carboxylic acids is 1. The van der Waals surface area contributed by atoms with E-state index in [0.29, 0.717) is 5.75 Å². The topological polar surface area (TPSA) is 69.4 Å². The molecular weight excluding hydrogens is 294 g/mol. The van der Waals surface area contributed by atoms with Crippen molar-refractivity contribution in [3.05, 3.63) is 68.2 Å². The molecule has 0 aliphatic rings. The van der Waals surface area contributed by atoms with Crippen LogP contribution in [0.2, 0.25) is 5.02 Å². The van der Waals surface area contributed by atoms with Crippen molar-refractivity contribution in [3.63, 3.8) is 0 Å². The van der Waals surface area contributed by atoms with Gasteiger partial charge in [0, 0.05) is 12.1 Å². The summed E-state index contributed by atoms with van der Waals surface area (Å²) in [4.78, 5) is 22.3. The molecule has 0 saturated carbocycles. The summed E-state index contributed by atoms with van der Waals surface area (Å²) in [6.07, 6.45) is 0. The van der Waals surface area contributed by atoms with Crippen LogP contribution in [-0.2, 0) is 0 Å². The molecule has 0 bridgehead atoms. The van der Waals surface area contributed by atoms with Gasteiger partial charge in [-0.25, -0.2) is 4.79 Å². The number of nitrogens with zero attached hydrogens (tertiary/aromatic N) is 1. The summed E-state index contributed by atoms with van der Waals surface area (Å²) in [5, 5.41) is 10.9. The molecule has 0 aliphatic carbocycles. The van der Waals surface area contributed by atoms with E-state index in [1.807, 2.05) is 19.1 Å². The summed E-state index contributed by atoms with van der Waals surface area (Å²) < 4.78 is 5.28. The zero-order chi connectivity index (χ0) is 15.6. The average molecular weight is 306 g/mol. The Bertz CT molecular complexity index is 728. The number of esters is 1. The van der Waals surface area contributed by atoms with Crippen LogP contribution < -0.4 is 4.74 Å². The van der Waals surface area contributed by atoms with E-state index in [0.717, 1.165) is 17.2 Å². The maximum Gasteiger partial charge on any atom is 0.345 e. The number of non-ortho nitro benzene ring substituents is 1. The number of carbonyl (C=O) groups is 1. The molecule has 0 N–H and O–H groups in total. The lowest BCUT2D eigenvalue weighted by Crippen LogP contribution is -2.10. The van der Waals surface area contributed by atoms with Crippen LogP contribution in [0.3, 0.4) is 0 Å². The Morgan fingerprint density at radius 1 is 1.19 bits per heavy atom. The van der Waals surface area contributed by atoms with E-state index in [4.69, 9.17) is 16.3 Å². The van der Waals surface area contributed by atoms with Crippen LogP contribution in [0.15, 0.2) is 36.4 Å². The summed E-state index contributed by atoms with van der Waals surface area (Å²) in [5.74, 6) is -0.319.